The highest BCUT2D eigenvalue weighted by molar-refractivity contribution is 5.73. The standard InChI is InChI=1S/C25H23F3N2O3/c1-15-18(11-30-12-20(13-30)24(31)32)4-3-17-9-21(5-6-22(15)17)33-14-16-2-7-23(25(26,27)28)19(8-16)10-29/h2,5-9,20H,3-4,11-14H2,1H3,(H,31,32). The van der Waals surface area contributed by atoms with Crippen molar-refractivity contribution in [3.05, 3.63) is 69.8 Å². The Balaban J connectivity index is 1.42. The largest absolute Gasteiger partial charge is 0.489 e. The monoisotopic (exact) mass is 456 g/mol. The van der Waals surface area contributed by atoms with E-state index in [4.69, 9.17) is 15.1 Å². The number of ether oxygens (including phenoxy) is 1. The van der Waals surface area contributed by atoms with Crippen molar-refractivity contribution in [1.82, 2.24) is 4.90 Å². The molecule has 8 heteroatoms. The predicted octanol–water partition coefficient (Wildman–Crippen LogP) is 4.89. The van der Waals surface area contributed by atoms with Crippen molar-refractivity contribution < 1.29 is 27.8 Å². The molecule has 0 atom stereocenters. The molecule has 1 saturated heterocycles. The van der Waals surface area contributed by atoms with Crippen LogP contribution in [0.1, 0.15) is 41.2 Å². The fraction of sp³-hybridized carbons (Fsp3) is 0.360. The summed E-state index contributed by atoms with van der Waals surface area (Å²) in [5, 5.41) is 18.1. The van der Waals surface area contributed by atoms with Crippen LogP contribution in [-0.2, 0) is 24.0 Å². The van der Waals surface area contributed by atoms with Crippen LogP contribution in [-0.4, -0.2) is 35.6 Å². The number of halogens is 3. The number of carboxylic acids is 1. The maximum Gasteiger partial charge on any atom is 0.417 e. The summed E-state index contributed by atoms with van der Waals surface area (Å²) >= 11 is 0. The number of likely N-dealkylation sites (tertiary alicyclic amines) is 1. The summed E-state index contributed by atoms with van der Waals surface area (Å²) in [4.78, 5) is 13.2. The van der Waals surface area contributed by atoms with Crippen molar-refractivity contribution in [3.63, 3.8) is 0 Å². The van der Waals surface area contributed by atoms with Crippen molar-refractivity contribution in [2.24, 2.45) is 5.92 Å². The van der Waals surface area contributed by atoms with Gasteiger partial charge in [-0.3, -0.25) is 9.69 Å². The van der Waals surface area contributed by atoms with Crippen LogP contribution >= 0.6 is 0 Å². The van der Waals surface area contributed by atoms with E-state index in [1.807, 2.05) is 18.2 Å². The van der Waals surface area contributed by atoms with Gasteiger partial charge in [0.25, 0.3) is 0 Å². The first-order valence-corrected chi connectivity index (χ1v) is 10.7. The minimum atomic E-state index is -4.57. The molecule has 2 aromatic carbocycles. The van der Waals surface area contributed by atoms with Crippen LogP contribution in [0.4, 0.5) is 13.2 Å². The minimum absolute atomic E-state index is 0.0609. The van der Waals surface area contributed by atoms with Crippen LogP contribution < -0.4 is 4.74 Å². The molecule has 0 unspecified atom stereocenters. The third kappa shape index (κ3) is 4.88. The molecule has 33 heavy (non-hydrogen) atoms. The van der Waals surface area contributed by atoms with Gasteiger partial charge in [-0.2, -0.15) is 18.4 Å². The van der Waals surface area contributed by atoms with Gasteiger partial charge in [0.15, 0.2) is 0 Å². The zero-order chi connectivity index (χ0) is 23.8. The Morgan fingerprint density at radius 1 is 1.21 bits per heavy atom. The molecule has 1 fully saturated rings. The van der Waals surface area contributed by atoms with Crippen LogP contribution in [0.5, 0.6) is 5.75 Å². The fourth-order valence-electron chi connectivity index (χ4n) is 4.41. The van der Waals surface area contributed by atoms with E-state index < -0.39 is 23.3 Å². The lowest BCUT2D eigenvalue weighted by molar-refractivity contribution is -0.147. The van der Waals surface area contributed by atoms with Crippen molar-refractivity contribution >= 4 is 11.5 Å². The Morgan fingerprint density at radius 2 is 1.97 bits per heavy atom. The lowest BCUT2D eigenvalue weighted by Crippen LogP contribution is -2.50. The first kappa shape index (κ1) is 22.9. The SMILES string of the molecule is CC1=C(CN2CC(C(=O)O)C2)CCc2cc(OCc3ccc(C(F)(F)F)c(C#N)c3)ccc21. The Hall–Kier alpha value is -3.31. The highest BCUT2D eigenvalue weighted by Crippen LogP contribution is 2.35. The number of hydrogen-bond donors (Lipinski definition) is 1. The van der Waals surface area contributed by atoms with E-state index in [-0.39, 0.29) is 12.5 Å². The summed E-state index contributed by atoms with van der Waals surface area (Å²) in [6.45, 7) is 4.09. The predicted molar refractivity (Wildman–Crippen MR) is 115 cm³/mol. The van der Waals surface area contributed by atoms with Gasteiger partial charge in [0.2, 0.25) is 0 Å². The molecule has 4 rings (SSSR count). The zero-order valence-corrected chi connectivity index (χ0v) is 18.1. The number of aryl methyl sites for hydroxylation is 1. The Bertz CT molecular complexity index is 1160. The number of carbonyl (C=O) groups is 1. The van der Waals surface area contributed by atoms with Crippen LogP contribution in [0.15, 0.2) is 42.0 Å². The molecule has 1 N–H and O–H groups in total. The first-order chi connectivity index (χ1) is 15.7. The fourth-order valence-corrected chi connectivity index (χ4v) is 4.41. The van der Waals surface area contributed by atoms with Crippen LogP contribution in [0.3, 0.4) is 0 Å². The van der Waals surface area contributed by atoms with Crippen molar-refractivity contribution in [1.29, 1.82) is 5.26 Å². The number of carboxylic acid groups (broad SMARTS) is 1. The number of nitriles is 1. The second kappa shape index (κ2) is 8.91. The van der Waals surface area contributed by atoms with Gasteiger partial charge in [-0.25, -0.2) is 0 Å². The minimum Gasteiger partial charge on any atom is -0.489 e. The van der Waals surface area contributed by atoms with Gasteiger partial charge in [-0.15, -0.1) is 0 Å². The number of hydrogen-bond acceptors (Lipinski definition) is 4. The lowest BCUT2D eigenvalue weighted by atomic mass is 9.85. The molecular weight excluding hydrogens is 433 g/mol. The van der Waals surface area contributed by atoms with Crippen molar-refractivity contribution in [3.8, 4) is 11.8 Å². The summed E-state index contributed by atoms with van der Waals surface area (Å²) in [6, 6.07) is 10.8. The average Bonchev–Trinajstić information content (AvgIpc) is 2.74. The summed E-state index contributed by atoms with van der Waals surface area (Å²) in [7, 11) is 0. The molecule has 2 aliphatic rings. The number of benzene rings is 2. The third-order valence-corrected chi connectivity index (χ3v) is 6.34. The van der Waals surface area contributed by atoms with Crippen molar-refractivity contribution in [2.75, 3.05) is 19.6 Å². The summed E-state index contributed by atoms with van der Waals surface area (Å²) in [5.74, 6) is -0.385. The second-order valence-electron chi connectivity index (χ2n) is 8.55. The molecule has 0 bridgehead atoms. The summed E-state index contributed by atoms with van der Waals surface area (Å²) in [6.07, 6.45) is -2.84. The number of nitrogens with zero attached hydrogens (tertiary/aromatic N) is 2. The van der Waals surface area contributed by atoms with Gasteiger partial charge in [0.05, 0.1) is 23.1 Å². The molecule has 172 valence electrons. The molecule has 1 aliphatic carbocycles. The third-order valence-electron chi connectivity index (χ3n) is 6.34. The molecule has 0 aromatic heterocycles. The van der Waals surface area contributed by atoms with E-state index in [0.29, 0.717) is 24.4 Å². The van der Waals surface area contributed by atoms with Gasteiger partial charge in [-0.1, -0.05) is 17.7 Å². The lowest BCUT2D eigenvalue weighted by Gasteiger charge is -2.38. The number of alkyl halides is 3. The molecule has 0 radical (unpaired) electrons. The van der Waals surface area contributed by atoms with Crippen molar-refractivity contribution in [2.45, 2.75) is 32.5 Å². The second-order valence-corrected chi connectivity index (χ2v) is 8.55. The Labute approximate surface area is 189 Å². The van der Waals surface area contributed by atoms with E-state index >= 15 is 0 Å². The quantitative estimate of drug-likeness (QED) is 0.670. The maximum absolute atomic E-state index is 13.0. The molecule has 0 saturated carbocycles. The molecule has 5 nitrogen and oxygen atoms in total. The van der Waals surface area contributed by atoms with Gasteiger partial charge >= 0.3 is 12.1 Å². The van der Waals surface area contributed by atoms with Gasteiger partial charge in [-0.05, 0) is 66.3 Å². The zero-order valence-electron chi connectivity index (χ0n) is 18.1. The number of aliphatic carboxylic acids is 1. The van der Waals surface area contributed by atoms with E-state index in [1.165, 1.54) is 23.3 Å². The Morgan fingerprint density at radius 3 is 2.64 bits per heavy atom. The van der Waals surface area contributed by atoms with Gasteiger partial charge in [0.1, 0.15) is 12.4 Å². The van der Waals surface area contributed by atoms with E-state index in [0.717, 1.165) is 36.6 Å². The molecule has 1 heterocycles. The molecule has 2 aromatic rings. The number of fused-ring (bicyclic) bond motifs is 1. The maximum atomic E-state index is 13.0. The first-order valence-electron chi connectivity index (χ1n) is 10.7. The molecule has 0 amide bonds. The topological polar surface area (TPSA) is 73.6 Å². The van der Waals surface area contributed by atoms with E-state index in [2.05, 4.69) is 11.8 Å². The highest BCUT2D eigenvalue weighted by Gasteiger charge is 2.34. The smallest absolute Gasteiger partial charge is 0.417 e. The number of rotatable bonds is 6. The molecule has 1 aliphatic heterocycles. The Kier molecular flexibility index (Phi) is 6.17. The highest BCUT2D eigenvalue weighted by atomic mass is 19.4. The van der Waals surface area contributed by atoms with Crippen LogP contribution in [0, 0.1) is 17.2 Å². The van der Waals surface area contributed by atoms with Crippen LogP contribution in [0.25, 0.3) is 5.57 Å². The molecule has 0 spiro atoms. The average molecular weight is 456 g/mol. The van der Waals surface area contributed by atoms with Gasteiger partial charge in [0, 0.05) is 19.6 Å². The summed E-state index contributed by atoms with van der Waals surface area (Å²) in [5.41, 5.74) is 3.92. The van der Waals surface area contributed by atoms with Crippen LogP contribution in [0.2, 0.25) is 0 Å². The molecular formula is C25H23F3N2O3. The summed E-state index contributed by atoms with van der Waals surface area (Å²) < 4.78 is 44.7. The normalized spacial score (nSPS) is 16.7. The van der Waals surface area contributed by atoms with Gasteiger partial charge < -0.3 is 9.84 Å². The van der Waals surface area contributed by atoms with E-state index in [1.54, 1.807) is 6.07 Å². The van der Waals surface area contributed by atoms with E-state index in [9.17, 15) is 18.0 Å². The number of allylic oxidation sites excluding steroid dienone is 1.